The number of carbonyl (C=O) groups excluding carboxylic acids is 1. The molecule has 2 aromatic heterocycles. The molecule has 6 nitrogen and oxygen atoms in total. The maximum Gasteiger partial charge on any atom is 0.190 e. The van der Waals surface area contributed by atoms with E-state index >= 15 is 0 Å². The fourth-order valence-corrected chi connectivity index (χ4v) is 2.01. The zero-order valence-corrected chi connectivity index (χ0v) is 11.0. The zero-order valence-electron chi connectivity index (χ0n) is 11.0. The van der Waals surface area contributed by atoms with Gasteiger partial charge in [0.15, 0.2) is 5.78 Å². The number of rotatable bonds is 4. The van der Waals surface area contributed by atoms with E-state index in [-0.39, 0.29) is 12.2 Å². The van der Waals surface area contributed by atoms with Crippen LogP contribution in [0.3, 0.4) is 0 Å². The molecule has 2 heterocycles. The van der Waals surface area contributed by atoms with E-state index < -0.39 is 0 Å². The lowest BCUT2D eigenvalue weighted by Gasteiger charge is -2.03. The molecule has 0 aliphatic rings. The Labute approximate surface area is 115 Å². The molecular formula is C14H13N5O. The first kappa shape index (κ1) is 12.4. The van der Waals surface area contributed by atoms with Crippen LogP contribution in [-0.2, 0) is 13.0 Å². The van der Waals surface area contributed by atoms with Gasteiger partial charge in [0.1, 0.15) is 17.8 Å². The number of benzene rings is 1. The van der Waals surface area contributed by atoms with Gasteiger partial charge >= 0.3 is 0 Å². The van der Waals surface area contributed by atoms with Crippen molar-refractivity contribution in [1.29, 1.82) is 0 Å². The van der Waals surface area contributed by atoms with Crippen LogP contribution in [0.4, 0.5) is 0 Å². The van der Waals surface area contributed by atoms with E-state index in [9.17, 15) is 4.79 Å². The number of hydrogen-bond acceptors (Lipinski definition) is 5. The summed E-state index contributed by atoms with van der Waals surface area (Å²) in [6.07, 6.45) is 3.15. The molecule has 0 N–H and O–H groups in total. The minimum atomic E-state index is -0.106. The van der Waals surface area contributed by atoms with E-state index in [1.807, 2.05) is 31.2 Å². The Morgan fingerprint density at radius 1 is 1.20 bits per heavy atom. The second kappa shape index (κ2) is 5.16. The second-order valence-electron chi connectivity index (χ2n) is 4.34. The Bertz CT molecular complexity index is 765. The molecule has 0 radical (unpaired) electrons. The summed E-state index contributed by atoms with van der Waals surface area (Å²) in [4.78, 5) is 24.9. The molecule has 0 amide bonds. The summed E-state index contributed by atoms with van der Waals surface area (Å²) in [5.41, 5.74) is 1.85. The molecule has 0 aliphatic carbocycles. The summed E-state index contributed by atoms with van der Waals surface area (Å²) in [5.74, 6) is 0.540. The second-order valence-corrected chi connectivity index (χ2v) is 4.34. The smallest absolute Gasteiger partial charge is 0.190 e. The van der Waals surface area contributed by atoms with Crippen LogP contribution in [0.5, 0.6) is 0 Å². The van der Waals surface area contributed by atoms with Gasteiger partial charge in [-0.1, -0.05) is 12.1 Å². The van der Waals surface area contributed by atoms with Crippen LogP contribution in [0, 0.1) is 0 Å². The van der Waals surface area contributed by atoms with Crippen molar-refractivity contribution in [2.75, 3.05) is 0 Å². The summed E-state index contributed by atoms with van der Waals surface area (Å²) in [7, 11) is 0. The lowest BCUT2D eigenvalue weighted by molar-refractivity contribution is 0.0984. The third-order valence-electron chi connectivity index (χ3n) is 3.05. The van der Waals surface area contributed by atoms with Gasteiger partial charge in [0, 0.05) is 6.54 Å². The lowest BCUT2D eigenvalue weighted by Crippen LogP contribution is -2.12. The van der Waals surface area contributed by atoms with Gasteiger partial charge in [0.2, 0.25) is 0 Å². The van der Waals surface area contributed by atoms with Crippen molar-refractivity contribution in [3.8, 4) is 0 Å². The molecule has 6 heteroatoms. The maximum absolute atomic E-state index is 12.2. The molecule has 0 fully saturated rings. The number of ketones is 1. The SMILES string of the molecule is CCn1ncnc1CC(=O)c1cnc2ccccc2n1. The molecular weight excluding hydrogens is 254 g/mol. The third-order valence-corrected chi connectivity index (χ3v) is 3.05. The van der Waals surface area contributed by atoms with E-state index in [1.165, 1.54) is 12.5 Å². The van der Waals surface area contributed by atoms with E-state index in [2.05, 4.69) is 20.1 Å². The van der Waals surface area contributed by atoms with E-state index in [1.54, 1.807) is 4.68 Å². The largest absolute Gasteiger partial charge is 0.292 e. The predicted molar refractivity (Wildman–Crippen MR) is 73.3 cm³/mol. The van der Waals surface area contributed by atoms with Crippen molar-refractivity contribution < 1.29 is 4.79 Å². The highest BCUT2D eigenvalue weighted by Crippen LogP contribution is 2.10. The Hall–Kier alpha value is -2.63. The average Bonchev–Trinajstić information content (AvgIpc) is 2.94. The summed E-state index contributed by atoms with van der Waals surface area (Å²) in [5, 5.41) is 4.05. The molecule has 0 aliphatic heterocycles. The molecule has 0 saturated carbocycles. The number of aryl methyl sites for hydroxylation is 1. The summed E-state index contributed by atoms with van der Waals surface area (Å²) in [6, 6.07) is 7.47. The van der Waals surface area contributed by atoms with Crippen molar-refractivity contribution in [3.63, 3.8) is 0 Å². The Morgan fingerprint density at radius 2 is 2.00 bits per heavy atom. The number of para-hydroxylation sites is 2. The summed E-state index contributed by atoms with van der Waals surface area (Å²) in [6.45, 7) is 2.64. The van der Waals surface area contributed by atoms with E-state index in [0.717, 1.165) is 11.0 Å². The molecule has 1 aromatic carbocycles. The van der Waals surface area contributed by atoms with Crippen molar-refractivity contribution in [3.05, 3.63) is 48.3 Å². The molecule has 0 unspecified atom stereocenters. The predicted octanol–water partition coefficient (Wildman–Crippen LogP) is 1.67. The molecule has 0 saturated heterocycles. The summed E-state index contributed by atoms with van der Waals surface area (Å²) < 4.78 is 1.70. The van der Waals surface area contributed by atoms with E-state index in [0.29, 0.717) is 18.1 Å². The standard InChI is InChI=1S/C14H13N5O/c1-2-19-14(16-9-17-19)7-13(20)12-8-15-10-5-3-4-6-11(10)18-12/h3-6,8-9H,2,7H2,1H3. The van der Waals surface area contributed by atoms with Crippen LogP contribution < -0.4 is 0 Å². The highest BCUT2D eigenvalue weighted by atomic mass is 16.1. The number of nitrogens with zero attached hydrogens (tertiary/aromatic N) is 5. The van der Waals surface area contributed by atoms with Crippen LogP contribution in [0.25, 0.3) is 11.0 Å². The minimum Gasteiger partial charge on any atom is -0.292 e. The number of carbonyl (C=O) groups is 1. The quantitative estimate of drug-likeness (QED) is 0.672. The molecule has 3 rings (SSSR count). The van der Waals surface area contributed by atoms with Gasteiger partial charge in [-0.15, -0.1) is 0 Å². The minimum absolute atomic E-state index is 0.106. The van der Waals surface area contributed by atoms with Crippen LogP contribution in [0.1, 0.15) is 23.2 Å². The highest BCUT2D eigenvalue weighted by Gasteiger charge is 2.13. The number of fused-ring (bicyclic) bond motifs is 1. The van der Waals surface area contributed by atoms with Gasteiger partial charge in [0.05, 0.1) is 23.7 Å². The average molecular weight is 267 g/mol. The van der Waals surface area contributed by atoms with Crippen LogP contribution in [-0.4, -0.2) is 30.5 Å². The maximum atomic E-state index is 12.2. The Morgan fingerprint density at radius 3 is 2.80 bits per heavy atom. The van der Waals surface area contributed by atoms with Crippen molar-refractivity contribution in [2.24, 2.45) is 0 Å². The Balaban J connectivity index is 1.89. The molecule has 100 valence electrons. The van der Waals surface area contributed by atoms with Gasteiger partial charge in [-0.2, -0.15) is 5.10 Å². The van der Waals surface area contributed by atoms with Crippen molar-refractivity contribution >= 4 is 16.8 Å². The fraction of sp³-hybridized carbons (Fsp3) is 0.214. The van der Waals surface area contributed by atoms with Gasteiger partial charge < -0.3 is 0 Å². The molecule has 0 spiro atoms. The zero-order chi connectivity index (χ0) is 13.9. The molecule has 0 atom stereocenters. The van der Waals surface area contributed by atoms with Crippen LogP contribution in [0.15, 0.2) is 36.8 Å². The van der Waals surface area contributed by atoms with E-state index in [4.69, 9.17) is 0 Å². The van der Waals surface area contributed by atoms with Gasteiger partial charge in [-0.05, 0) is 19.1 Å². The number of Topliss-reactive ketones (excluding diaryl/α,β-unsaturated/α-hetero) is 1. The van der Waals surface area contributed by atoms with Crippen LogP contribution >= 0.6 is 0 Å². The Kier molecular flexibility index (Phi) is 3.20. The highest BCUT2D eigenvalue weighted by molar-refractivity contribution is 5.96. The fourth-order valence-electron chi connectivity index (χ4n) is 2.01. The molecule has 20 heavy (non-hydrogen) atoms. The monoisotopic (exact) mass is 267 g/mol. The number of hydrogen-bond donors (Lipinski definition) is 0. The summed E-state index contributed by atoms with van der Waals surface area (Å²) >= 11 is 0. The van der Waals surface area contributed by atoms with Crippen molar-refractivity contribution in [1.82, 2.24) is 24.7 Å². The lowest BCUT2D eigenvalue weighted by atomic mass is 10.2. The molecule has 0 bridgehead atoms. The first-order valence-electron chi connectivity index (χ1n) is 6.39. The van der Waals surface area contributed by atoms with Gasteiger partial charge in [0.25, 0.3) is 0 Å². The topological polar surface area (TPSA) is 73.6 Å². The first-order chi connectivity index (χ1) is 9.78. The molecule has 3 aromatic rings. The number of aromatic nitrogens is 5. The third kappa shape index (κ3) is 2.27. The normalized spacial score (nSPS) is 10.8. The van der Waals surface area contributed by atoms with Gasteiger partial charge in [-0.3, -0.25) is 9.78 Å². The van der Waals surface area contributed by atoms with Gasteiger partial charge in [-0.25, -0.2) is 14.6 Å². The van der Waals surface area contributed by atoms with Crippen LogP contribution in [0.2, 0.25) is 0 Å². The van der Waals surface area contributed by atoms with Crippen molar-refractivity contribution in [2.45, 2.75) is 19.9 Å². The first-order valence-corrected chi connectivity index (χ1v) is 6.39.